The summed E-state index contributed by atoms with van der Waals surface area (Å²) in [6, 6.07) is 11.0. The van der Waals surface area contributed by atoms with Gasteiger partial charge in [0.25, 0.3) is 0 Å². The van der Waals surface area contributed by atoms with Gasteiger partial charge in [0.15, 0.2) is 0 Å². The maximum Gasteiger partial charge on any atom is 0.246 e. The third-order valence-electron chi connectivity index (χ3n) is 3.83. The fourth-order valence-electron chi connectivity index (χ4n) is 2.29. The first kappa shape index (κ1) is 21.0. The third kappa shape index (κ3) is 4.91. The predicted molar refractivity (Wildman–Crippen MR) is 107 cm³/mol. The highest BCUT2D eigenvalue weighted by atomic mass is 35.5. The van der Waals surface area contributed by atoms with E-state index in [1.54, 1.807) is 32.2 Å². The van der Waals surface area contributed by atoms with Gasteiger partial charge in [-0.1, -0.05) is 23.7 Å². The zero-order valence-electron chi connectivity index (χ0n) is 15.5. The number of benzene rings is 2. The van der Waals surface area contributed by atoms with E-state index >= 15 is 0 Å². The number of hydrogen-bond donors (Lipinski definition) is 2. The Bertz CT molecular complexity index is 932. The van der Waals surface area contributed by atoms with Crippen molar-refractivity contribution in [2.75, 3.05) is 31.8 Å². The predicted octanol–water partition coefficient (Wildman–Crippen LogP) is 3.04. The number of carbonyl (C=O) groups excluding carboxylic acids is 1. The fourth-order valence-corrected chi connectivity index (χ4v) is 3.68. The Hall–Kier alpha value is -2.29. The molecule has 2 N–H and O–H groups in total. The van der Waals surface area contributed by atoms with Gasteiger partial charge >= 0.3 is 0 Å². The largest absolute Gasteiger partial charge is 0.495 e. The Labute approximate surface area is 164 Å². The summed E-state index contributed by atoms with van der Waals surface area (Å²) in [5.41, 5.74) is 1.01. The topological polar surface area (TPSA) is 87.7 Å². The lowest BCUT2D eigenvalue weighted by Gasteiger charge is -2.18. The number of nitrogens with one attached hydrogen (secondary N) is 2. The SMILES string of the molecule is COc1ccccc1N[C@H](C)C(=O)Nc1ccc(Cl)c(S(=O)(=O)N(C)C)c1. The monoisotopic (exact) mass is 411 g/mol. The van der Waals surface area contributed by atoms with Crippen molar-refractivity contribution in [3.8, 4) is 5.75 Å². The number of amides is 1. The van der Waals surface area contributed by atoms with Crippen molar-refractivity contribution in [2.24, 2.45) is 0 Å². The average molecular weight is 412 g/mol. The van der Waals surface area contributed by atoms with Crippen LogP contribution in [0.4, 0.5) is 11.4 Å². The molecule has 1 atom stereocenters. The van der Waals surface area contributed by atoms with E-state index in [0.29, 0.717) is 17.1 Å². The van der Waals surface area contributed by atoms with Crippen molar-refractivity contribution >= 4 is 38.9 Å². The molecule has 0 unspecified atom stereocenters. The lowest BCUT2D eigenvalue weighted by Crippen LogP contribution is -2.32. The second-order valence-corrected chi connectivity index (χ2v) is 8.52. The Morgan fingerprint density at radius 1 is 1.19 bits per heavy atom. The molecule has 27 heavy (non-hydrogen) atoms. The van der Waals surface area contributed by atoms with Crippen molar-refractivity contribution in [1.29, 1.82) is 0 Å². The van der Waals surface area contributed by atoms with E-state index in [-0.39, 0.29) is 15.8 Å². The van der Waals surface area contributed by atoms with Crippen LogP contribution in [0, 0.1) is 0 Å². The van der Waals surface area contributed by atoms with Gasteiger partial charge < -0.3 is 15.4 Å². The van der Waals surface area contributed by atoms with Gasteiger partial charge in [-0.2, -0.15) is 0 Å². The van der Waals surface area contributed by atoms with Gasteiger partial charge in [0.2, 0.25) is 15.9 Å². The smallest absolute Gasteiger partial charge is 0.246 e. The van der Waals surface area contributed by atoms with Crippen molar-refractivity contribution in [1.82, 2.24) is 4.31 Å². The molecule has 0 aliphatic heterocycles. The number of para-hydroxylation sites is 2. The molecule has 0 radical (unpaired) electrons. The first-order chi connectivity index (χ1) is 12.7. The number of ether oxygens (including phenoxy) is 1. The van der Waals surface area contributed by atoms with Crippen molar-refractivity contribution in [2.45, 2.75) is 17.9 Å². The highest BCUT2D eigenvalue weighted by Crippen LogP contribution is 2.27. The Balaban J connectivity index is 2.18. The summed E-state index contributed by atoms with van der Waals surface area (Å²) in [6.07, 6.45) is 0. The molecule has 146 valence electrons. The molecule has 9 heteroatoms. The van der Waals surface area contributed by atoms with Crippen molar-refractivity contribution in [3.63, 3.8) is 0 Å². The summed E-state index contributed by atoms with van der Waals surface area (Å²) in [4.78, 5) is 12.4. The quantitative estimate of drug-likeness (QED) is 0.731. The van der Waals surface area contributed by atoms with Gasteiger partial charge in [0, 0.05) is 19.8 Å². The minimum Gasteiger partial charge on any atom is -0.495 e. The van der Waals surface area contributed by atoms with Gasteiger partial charge in [0.1, 0.15) is 16.7 Å². The molecule has 2 aromatic rings. The van der Waals surface area contributed by atoms with Gasteiger partial charge in [-0.15, -0.1) is 0 Å². The maximum absolute atomic E-state index is 12.5. The third-order valence-corrected chi connectivity index (χ3v) is 6.13. The summed E-state index contributed by atoms with van der Waals surface area (Å²) in [5.74, 6) is 0.277. The molecular formula is C18H22ClN3O4S. The number of sulfonamides is 1. The van der Waals surface area contributed by atoms with Crippen molar-refractivity contribution < 1.29 is 17.9 Å². The molecule has 0 aliphatic rings. The molecule has 0 spiro atoms. The molecular weight excluding hydrogens is 390 g/mol. The van der Waals surface area contributed by atoms with Gasteiger partial charge in [0.05, 0.1) is 17.8 Å². The number of anilines is 2. The van der Waals surface area contributed by atoms with Crippen LogP contribution >= 0.6 is 11.6 Å². The number of halogens is 1. The number of carbonyl (C=O) groups is 1. The van der Waals surface area contributed by atoms with Crippen LogP contribution in [0.1, 0.15) is 6.92 Å². The number of methoxy groups -OCH3 is 1. The van der Waals surface area contributed by atoms with E-state index < -0.39 is 16.1 Å². The van der Waals surface area contributed by atoms with E-state index in [9.17, 15) is 13.2 Å². The van der Waals surface area contributed by atoms with Crippen LogP contribution in [0.25, 0.3) is 0 Å². The molecule has 0 heterocycles. The molecule has 0 saturated heterocycles. The lowest BCUT2D eigenvalue weighted by molar-refractivity contribution is -0.116. The molecule has 0 saturated carbocycles. The first-order valence-corrected chi connectivity index (χ1v) is 9.91. The molecule has 0 aliphatic carbocycles. The van der Waals surface area contributed by atoms with E-state index in [4.69, 9.17) is 16.3 Å². The first-order valence-electron chi connectivity index (χ1n) is 8.09. The van der Waals surface area contributed by atoms with Crippen LogP contribution in [-0.4, -0.2) is 45.9 Å². The van der Waals surface area contributed by atoms with Gasteiger partial charge in [-0.05, 0) is 37.3 Å². The molecule has 7 nitrogen and oxygen atoms in total. The van der Waals surface area contributed by atoms with E-state index in [0.717, 1.165) is 4.31 Å². The fraction of sp³-hybridized carbons (Fsp3) is 0.278. The van der Waals surface area contributed by atoms with Crippen molar-refractivity contribution in [3.05, 3.63) is 47.5 Å². The lowest BCUT2D eigenvalue weighted by atomic mass is 10.2. The minimum atomic E-state index is -3.73. The molecule has 0 bridgehead atoms. The van der Waals surface area contributed by atoms with Crippen LogP contribution in [0.5, 0.6) is 5.75 Å². The molecule has 1 amide bonds. The second-order valence-electron chi connectivity index (χ2n) is 5.99. The summed E-state index contributed by atoms with van der Waals surface area (Å²) in [5, 5.41) is 5.85. The van der Waals surface area contributed by atoms with E-state index in [1.165, 1.54) is 26.2 Å². The average Bonchev–Trinajstić information content (AvgIpc) is 2.63. The zero-order valence-corrected chi connectivity index (χ0v) is 17.1. The minimum absolute atomic E-state index is 0.0719. The van der Waals surface area contributed by atoms with E-state index in [1.807, 2.05) is 12.1 Å². The summed E-state index contributed by atoms with van der Waals surface area (Å²) < 4.78 is 31.0. The molecule has 2 aromatic carbocycles. The number of hydrogen-bond acceptors (Lipinski definition) is 5. The highest BCUT2D eigenvalue weighted by Gasteiger charge is 2.22. The molecule has 2 rings (SSSR count). The molecule has 0 fully saturated rings. The Morgan fingerprint density at radius 2 is 1.85 bits per heavy atom. The van der Waals surface area contributed by atoms with Gasteiger partial charge in [-0.25, -0.2) is 12.7 Å². The number of rotatable bonds is 7. The number of nitrogens with zero attached hydrogens (tertiary/aromatic N) is 1. The van der Waals surface area contributed by atoms with Crippen LogP contribution in [0.2, 0.25) is 5.02 Å². The highest BCUT2D eigenvalue weighted by molar-refractivity contribution is 7.89. The maximum atomic E-state index is 12.5. The summed E-state index contributed by atoms with van der Waals surface area (Å²) >= 11 is 6.02. The van der Waals surface area contributed by atoms with Crippen LogP contribution in [-0.2, 0) is 14.8 Å². The van der Waals surface area contributed by atoms with Crippen LogP contribution < -0.4 is 15.4 Å². The van der Waals surface area contributed by atoms with Gasteiger partial charge in [-0.3, -0.25) is 4.79 Å². The van der Waals surface area contributed by atoms with E-state index in [2.05, 4.69) is 10.6 Å². The van der Waals surface area contributed by atoms with Crippen LogP contribution in [0.3, 0.4) is 0 Å². The normalized spacial score (nSPS) is 12.5. The Kier molecular flexibility index (Phi) is 6.69. The zero-order chi connectivity index (χ0) is 20.2. The standard InChI is InChI=1S/C18H22ClN3O4S/c1-12(20-15-7-5-6-8-16(15)26-4)18(23)21-13-9-10-14(19)17(11-13)27(24,25)22(2)3/h5-12,20H,1-4H3,(H,21,23)/t12-/m1/s1. The second kappa shape index (κ2) is 8.60. The summed E-state index contributed by atoms with van der Waals surface area (Å²) in [6.45, 7) is 1.69. The molecule has 0 aromatic heterocycles. The Morgan fingerprint density at radius 3 is 2.48 bits per heavy atom. The summed E-state index contributed by atoms with van der Waals surface area (Å²) in [7, 11) is 0.647. The van der Waals surface area contributed by atoms with Crippen LogP contribution in [0.15, 0.2) is 47.4 Å².